The van der Waals surface area contributed by atoms with E-state index in [0.717, 1.165) is 58.9 Å². The third kappa shape index (κ3) is 3.48. The molecular formula is C18H22N8S2. The van der Waals surface area contributed by atoms with E-state index in [1.807, 2.05) is 43.0 Å². The molecule has 28 heavy (non-hydrogen) atoms. The summed E-state index contributed by atoms with van der Waals surface area (Å²) in [6.45, 7) is 4.89. The van der Waals surface area contributed by atoms with Crippen LogP contribution in [0.2, 0.25) is 0 Å². The molecule has 1 fully saturated rings. The maximum absolute atomic E-state index is 4.90. The van der Waals surface area contributed by atoms with Crippen molar-refractivity contribution < 1.29 is 0 Å². The van der Waals surface area contributed by atoms with Gasteiger partial charge in [-0.05, 0) is 37.5 Å². The predicted molar refractivity (Wildman–Crippen MR) is 114 cm³/mol. The van der Waals surface area contributed by atoms with Gasteiger partial charge < -0.3 is 15.6 Å². The summed E-state index contributed by atoms with van der Waals surface area (Å²) in [7, 11) is 2.01. The molecule has 0 saturated carbocycles. The van der Waals surface area contributed by atoms with Crippen LogP contribution in [-0.2, 0) is 0 Å². The molecule has 3 aromatic heterocycles. The Morgan fingerprint density at radius 1 is 1.39 bits per heavy atom. The largest absolute Gasteiger partial charge is 0.328 e. The van der Waals surface area contributed by atoms with Gasteiger partial charge >= 0.3 is 0 Å². The Kier molecular flexibility index (Phi) is 4.71. The highest BCUT2D eigenvalue weighted by atomic mass is 32.2. The van der Waals surface area contributed by atoms with Crippen LogP contribution in [0.3, 0.4) is 0 Å². The molecule has 1 atom stereocenters. The fraction of sp³-hybridized carbons (Fsp3) is 0.389. The second-order valence-corrected chi connectivity index (χ2v) is 9.18. The number of anilines is 2. The lowest BCUT2D eigenvalue weighted by Gasteiger charge is -2.12. The van der Waals surface area contributed by atoms with Gasteiger partial charge in [0.25, 0.3) is 0 Å². The maximum Gasteiger partial charge on any atom is 0.181 e. The van der Waals surface area contributed by atoms with Crippen LogP contribution >= 0.6 is 23.3 Å². The second kappa shape index (κ2) is 7.36. The van der Waals surface area contributed by atoms with Gasteiger partial charge in [-0.25, -0.2) is 15.4 Å². The van der Waals surface area contributed by atoms with E-state index in [-0.39, 0.29) is 0 Å². The minimum Gasteiger partial charge on any atom is -0.328 e. The molecule has 0 aromatic carbocycles. The van der Waals surface area contributed by atoms with E-state index in [0.29, 0.717) is 5.25 Å². The zero-order valence-corrected chi connectivity index (χ0v) is 17.4. The van der Waals surface area contributed by atoms with Gasteiger partial charge in [0.15, 0.2) is 11.5 Å². The Hall–Kier alpha value is -2.14. The number of hydrogen-bond donors (Lipinski definition) is 3. The van der Waals surface area contributed by atoms with E-state index in [2.05, 4.69) is 42.2 Å². The lowest BCUT2D eigenvalue weighted by Crippen LogP contribution is -2.23. The van der Waals surface area contributed by atoms with Gasteiger partial charge in [-0.2, -0.15) is 4.37 Å². The van der Waals surface area contributed by atoms with Gasteiger partial charge in [-0.1, -0.05) is 0 Å². The topological polar surface area (TPSA) is 82.4 Å². The summed E-state index contributed by atoms with van der Waals surface area (Å²) in [4.78, 5) is 9.58. The molecule has 5 heterocycles. The smallest absolute Gasteiger partial charge is 0.181 e. The van der Waals surface area contributed by atoms with E-state index < -0.39 is 0 Å². The van der Waals surface area contributed by atoms with Gasteiger partial charge in [0.05, 0.1) is 17.6 Å². The quantitative estimate of drug-likeness (QED) is 0.587. The van der Waals surface area contributed by atoms with E-state index >= 15 is 0 Å². The van der Waals surface area contributed by atoms with Crippen molar-refractivity contribution in [1.29, 1.82) is 0 Å². The molecule has 146 valence electrons. The Balaban J connectivity index is 1.57. The maximum atomic E-state index is 4.90. The number of hydrazine groups is 1. The zero-order valence-electron chi connectivity index (χ0n) is 15.8. The highest BCUT2D eigenvalue weighted by Crippen LogP contribution is 2.31. The van der Waals surface area contributed by atoms with E-state index in [9.17, 15) is 0 Å². The highest BCUT2D eigenvalue weighted by molar-refractivity contribution is 7.99. The molecule has 3 aromatic rings. The summed E-state index contributed by atoms with van der Waals surface area (Å²) in [5.74, 6) is 0.769. The lowest BCUT2D eigenvalue weighted by atomic mass is 10.2. The molecule has 2 aliphatic rings. The Labute approximate surface area is 171 Å². The average molecular weight is 415 g/mol. The van der Waals surface area contributed by atoms with Crippen molar-refractivity contribution >= 4 is 45.3 Å². The Morgan fingerprint density at radius 3 is 3.04 bits per heavy atom. The lowest BCUT2D eigenvalue weighted by molar-refractivity contribution is 0.374. The highest BCUT2D eigenvalue weighted by Gasteiger charge is 2.21. The van der Waals surface area contributed by atoms with Crippen LogP contribution in [-0.4, -0.2) is 55.7 Å². The summed E-state index contributed by atoms with van der Waals surface area (Å²) in [6, 6.07) is 2.03. The fourth-order valence-corrected chi connectivity index (χ4v) is 5.22. The summed E-state index contributed by atoms with van der Waals surface area (Å²) in [5.41, 5.74) is 7.42. The van der Waals surface area contributed by atoms with Crippen LogP contribution in [0.5, 0.6) is 0 Å². The average Bonchev–Trinajstić information content (AvgIpc) is 3.43. The number of imidazole rings is 1. The first kappa shape index (κ1) is 17.9. The molecule has 1 unspecified atom stereocenters. The van der Waals surface area contributed by atoms with Crippen LogP contribution in [0.15, 0.2) is 29.7 Å². The van der Waals surface area contributed by atoms with E-state index in [1.54, 1.807) is 0 Å². The minimum atomic E-state index is 0.550. The first-order valence-electron chi connectivity index (χ1n) is 9.29. The fourth-order valence-electron chi connectivity index (χ4n) is 3.47. The van der Waals surface area contributed by atoms with Crippen molar-refractivity contribution in [2.24, 2.45) is 0 Å². The number of hydrogen-bond acceptors (Lipinski definition) is 9. The van der Waals surface area contributed by atoms with Crippen LogP contribution in [0, 0.1) is 6.92 Å². The summed E-state index contributed by atoms with van der Waals surface area (Å²) in [5, 5.41) is 11.4. The predicted octanol–water partition coefficient (Wildman–Crippen LogP) is 2.48. The molecule has 1 saturated heterocycles. The zero-order chi connectivity index (χ0) is 19.1. The van der Waals surface area contributed by atoms with Crippen LogP contribution in [0.25, 0.3) is 11.2 Å². The van der Waals surface area contributed by atoms with Crippen LogP contribution in [0.4, 0.5) is 10.8 Å². The number of nitrogens with zero attached hydrogens (tertiary/aromatic N) is 5. The molecule has 5 rings (SSSR count). The first-order valence-corrected chi connectivity index (χ1v) is 10.9. The third-order valence-electron chi connectivity index (χ3n) is 4.84. The van der Waals surface area contributed by atoms with Gasteiger partial charge in [-0.15, -0.1) is 11.8 Å². The Morgan fingerprint density at radius 2 is 2.32 bits per heavy atom. The molecule has 0 bridgehead atoms. The first-order chi connectivity index (χ1) is 13.7. The summed E-state index contributed by atoms with van der Waals surface area (Å²) < 4.78 is 6.52. The van der Waals surface area contributed by atoms with Crippen molar-refractivity contribution in [1.82, 2.24) is 34.5 Å². The molecule has 0 spiro atoms. The van der Waals surface area contributed by atoms with Crippen LogP contribution in [0.1, 0.15) is 17.8 Å². The standard InChI is InChI=1S/C18H22N8S2/c1-11-5-15(28-24-11)22-17-18-20-8-14(12-6-21-25(2)9-12)26(18)10-16(23-17)27-13-3-4-19-7-13/h5,8-10,13,19,21H,3-4,6-7H2,1-2H3,(H,22,23). The summed E-state index contributed by atoms with van der Waals surface area (Å²) >= 11 is 3.27. The number of fused-ring (bicyclic) bond motifs is 1. The Bertz CT molecular complexity index is 1030. The van der Waals surface area contributed by atoms with Gasteiger partial charge in [-0.3, -0.25) is 4.40 Å². The number of nitrogens with one attached hydrogen (secondary N) is 3. The second-order valence-electron chi connectivity index (χ2n) is 7.06. The van der Waals surface area contributed by atoms with Crippen molar-refractivity contribution in [3.63, 3.8) is 0 Å². The van der Waals surface area contributed by atoms with Gasteiger partial charge in [0, 0.05) is 43.4 Å². The number of rotatable bonds is 5. The van der Waals surface area contributed by atoms with Crippen molar-refractivity contribution in [2.45, 2.75) is 23.6 Å². The van der Waals surface area contributed by atoms with Gasteiger partial charge in [0.2, 0.25) is 0 Å². The SMILES string of the molecule is Cc1cc(Nc2nc(SC3CCNC3)cn3c(C4=CN(C)NC4)cnc23)sn1. The van der Waals surface area contributed by atoms with Crippen LogP contribution < -0.4 is 16.1 Å². The molecule has 8 nitrogen and oxygen atoms in total. The molecule has 0 amide bonds. The third-order valence-corrected chi connectivity index (χ3v) is 6.81. The molecule has 2 aliphatic heterocycles. The number of aromatic nitrogens is 4. The van der Waals surface area contributed by atoms with Crippen molar-refractivity contribution in [2.75, 3.05) is 32.0 Å². The molecule has 0 radical (unpaired) electrons. The van der Waals surface area contributed by atoms with Crippen molar-refractivity contribution in [3.05, 3.63) is 36.0 Å². The molecule has 3 N–H and O–H groups in total. The number of aryl methyl sites for hydroxylation is 1. The normalized spacial score (nSPS) is 19.6. The monoisotopic (exact) mass is 414 g/mol. The number of thioether (sulfide) groups is 1. The molecule has 0 aliphatic carbocycles. The summed E-state index contributed by atoms with van der Waals surface area (Å²) in [6.07, 6.45) is 7.32. The molecular weight excluding hydrogens is 392 g/mol. The van der Waals surface area contributed by atoms with E-state index in [4.69, 9.17) is 4.98 Å². The van der Waals surface area contributed by atoms with Crippen molar-refractivity contribution in [3.8, 4) is 0 Å². The minimum absolute atomic E-state index is 0.550. The van der Waals surface area contributed by atoms with Gasteiger partial charge in [0.1, 0.15) is 10.0 Å². The van der Waals surface area contributed by atoms with E-state index in [1.165, 1.54) is 17.1 Å². The molecule has 10 heteroatoms.